The van der Waals surface area contributed by atoms with Gasteiger partial charge in [-0.05, 0) is 23.8 Å². The molecular formula is C16H12N2O2. The summed E-state index contributed by atoms with van der Waals surface area (Å²) in [7, 11) is 0. The third-order valence-electron chi connectivity index (χ3n) is 3.02. The number of rotatable bonds is 2. The molecule has 1 saturated heterocycles. The summed E-state index contributed by atoms with van der Waals surface area (Å²) in [4.78, 5) is 24.2. The lowest BCUT2D eigenvalue weighted by Gasteiger charge is -2.13. The van der Waals surface area contributed by atoms with E-state index in [0.717, 1.165) is 5.56 Å². The van der Waals surface area contributed by atoms with Gasteiger partial charge in [-0.15, -0.1) is 0 Å². The van der Waals surface area contributed by atoms with E-state index in [1.54, 1.807) is 18.2 Å². The molecule has 0 saturated carbocycles. The smallest absolute Gasteiger partial charge is 0.267 e. The molecular weight excluding hydrogens is 252 g/mol. The second kappa shape index (κ2) is 5.01. The minimum atomic E-state index is -0.386. The molecule has 0 radical (unpaired) electrons. The van der Waals surface area contributed by atoms with Crippen LogP contribution in [0.5, 0.6) is 0 Å². The maximum Gasteiger partial charge on any atom is 0.282 e. The Bertz CT molecular complexity index is 678. The lowest BCUT2D eigenvalue weighted by Crippen LogP contribution is -2.35. The number of para-hydroxylation sites is 1. The topological polar surface area (TPSA) is 49.4 Å². The van der Waals surface area contributed by atoms with Crippen molar-refractivity contribution in [3.05, 3.63) is 71.8 Å². The summed E-state index contributed by atoms with van der Waals surface area (Å²) in [6.45, 7) is 0. The molecule has 0 aliphatic carbocycles. The summed E-state index contributed by atoms with van der Waals surface area (Å²) in [6, 6.07) is 18.3. The molecule has 2 aromatic rings. The van der Waals surface area contributed by atoms with Crippen LogP contribution in [0.25, 0.3) is 6.08 Å². The summed E-state index contributed by atoms with van der Waals surface area (Å²) in [5, 5.41) is 1.26. The van der Waals surface area contributed by atoms with Crippen molar-refractivity contribution < 1.29 is 9.59 Å². The molecule has 1 N–H and O–H groups in total. The van der Waals surface area contributed by atoms with Gasteiger partial charge in [-0.1, -0.05) is 48.5 Å². The van der Waals surface area contributed by atoms with Crippen LogP contribution >= 0.6 is 0 Å². The van der Waals surface area contributed by atoms with Crippen molar-refractivity contribution in [2.75, 3.05) is 5.01 Å². The number of anilines is 1. The second-order valence-corrected chi connectivity index (χ2v) is 4.39. The number of carbonyl (C=O) groups excluding carboxylic acids is 2. The minimum absolute atomic E-state index is 0.139. The van der Waals surface area contributed by atoms with Crippen LogP contribution in [0.1, 0.15) is 5.56 Å². The van der Waals surface area contributed by atoms with Crippen LogP contribution in [0.4, 0.5) is 5.69 Å². The number of amides is 2. The molecule has 1 aliphatic rings. The SMILES string of the molecule is O=C1NN(c2ccccc2)C(=O)/C1=C\c1ccccc1. The highest BCUT2D eigenvalue weighted by Crippen LogP contribution is 2.20. The van der Waals surface area contributed by atoms with Crippen LogP contribution in [0.2, 0.25) is 0 Å². The molecule has 4 nitrogen and oxygen atoms in total. The van der Waals surface area contributed by atoms with Crippen LogP contribution in [-0.4, -0.2) is 11.8 Å². The summed E-state index contributed by atoms with van der Waals surface area (Å²) in [5.74, 6) is -0.729. The average Bonchev–Trinajstić information content (AvgIpc) is 2.77. The summed E-state index contributed by atoms with van der Waals surface area (Å²) < 4.78 is 0. The molecule has 0 aromatic heterocycles. The van der Waals surface area contributed by atoms with Crippen molar-refractivity contribution in [3.8, 4) is 0 Å². The molecule has 0 unspecified atom stereocenters. The van der Waals surface area contributed by atoms with E-state index in [1.165, 1.54) is 5.01 Å². The van der Waals surface area contributed by atoms with E-state index in [9.17, 15) is 9.59 Å². The van der Waals surface area contributed by atoms with Gasteiger partial charge in [0, 0.05) is 0 Å². The van der Waals surface area contributed by atoms with Crippen molar-refractivity contribution in [3.63, 3.8) is 0 Å². The van der Waals surface area contributed by atoms with Gasteiger partial charge in [0.25, 0.3) is 11.8 Å². The molecule has 1 heterocycles. The molecule has 1 aliphatic heterocycles. The molecule has 2 aromatic carbocycles. The van der Waals surface area contributed by atoms with Gasteiger partial charge in [-0.25, -0.2) is 5.01 Å². The van der Waals surface area contributed by atoms with Gasteiger partial charge < -0.3 is 0 Å². The van der Waals surface area contributed by atoms with E-state index >= 15 is 0 Å². The Morgan fingerprint density at radius 3 is 2.10 bits per heavy atom. The van der Waals surface area contributed by atoms with Crippen molar-refractivity contribution in [1.29, 1.82) is 0 Å². The average molecular weight is 264 g/mol. The standard InChI is InChI=1S/C16H12N2O2/c19-15-14(11-12-7-3-1-4-8-12)16(20)18(17-15)13-9-5-2-6-10-13/h1-11H,(H,17,19)/b14-11-. The van der Waals surface area contributed by atoms with Crippen LogP contribution < -0.4 is 10.4 Å². The molecule has 2 amide bonds. The van der Waals surface area contributed by atoms with Gasteiger partial charge in [-0.3, -0.25) is 15.0 Å². The molecule has 3 rings (SSSR count). The lowest BCUT2D eigenvalue weighted by molar-refractivity contribution is -0.117. The van der Waals surface area contributed by atoms with Crippen molar-refractivity contribution >= 4 is 23.6 Å². The van der Waals surface area contributed by atoms with Crippen LogP contribution in [0, 0.1) is 0 Å². The first kappa shape index (κ1) is 12.2. The molecule has 4 heteroatoms. The van der Waals surface area contributed by atoms with Crippen molar-refractivity contribution in [2.24, 2.45) is 0 Å². The quantitative estimate of drug-likeness (QED) is 0.667. The Morgan fingerprint density at radius 1 is 0.850 bits per heavy atom. The first-order valence-corrected chi connectivity index (χ1v) is 6.23. The van der Waals surface area contributed by atoms with Crippen LogP contribution in [0.3, 0.4) is 0 Å². The number of hydrogen-bond donors (Lipinski definition) is 1. The van der Waals surface area contributed by atoms with E-state index in [0.29, 0.717) is 5.69 Å². The number of hydrazine groups is 1. The van der Waals surface area contributed by atoms with Gasteiger partial charge in [0.15, 0.2) is 0 Å². The van der Waals surface area contributed by atoms with Gasteiger partial charge in [-0.2, -0.15) is 0 Å². The predicted octanol–water partition coefficient (Wildman–Crippen LogP) is 2.15. The molecule has 98 valence electrons. The number of nitrogens with zero attached hydrogens (tertiary/aromatic N) is 1. The van der Waals surface area contributed by atoms with Crippen molar-refractivity contribution in [2.45, 2.75) is 0 Å². The molecule has 0 bridgehead atoms. The Hall–Kier alpha value is -2.88. The number of carbonyl (C=O) groups is 2. The van der Waals surface area contributed by atoms with E-state index in [4.69, 9.17) is 0 Å². The zero-order valence-electron chi connectivity index (χ0n) is 10.6. The molecule has 0 spiro atoms. The van der Waals surface area contributed by atoms with Crippen LogP contribution in [-0.2, 0) is 9.59 Å². The Balaban J connectivity index is 1.94. The van der Waals surface area contributed by atoms with E-state index in [1.807, 2.05) is 48.5 Å². The molecule has 0 atom stereocenters. The minimum Gasteiger partial charge on any atom is -0.267 e. The Labute approximate surface area is 116 Å². The van der Waals surface area contributed by atoms with Gasteiger partial charge in [0.2, 0.25) is 0 Å². The fourth-order valence-electron chi connectivity index (χ4n) is 2.03. The number of nitrogens with one attached hydrogen (secondary N) is 1. The van der Waals surface area contributed by atoms with E-state index < -0.39 is 0 Å². The highest BCUT2D eigenvalue weighted by molar-refractivity contribution is 6.31. The predicted molar refractivity (Wildman–Crippen MR) is 76.5 cm³/mol. The van der Waals surface area contributed by atoms with E-state index in [2.05, 4.69) is 5.43 Å². The Kier molecular flexibility index (Phi) is 3.05. The maximum absolute atomic E-state index is 12.3. The normalized spacial score (nSPS) is 16.6. The number of hydrogen-bond acceptors (Lipinski definition) is 2. The highest BCUT2D eigenvalue weighted by Gasteiger charge is 2.34. The third-order valence-corrected chi connectivity index (χ3v) is 3.02. The van der Waals surface area contributed by atoms with Gasteiger partial charge in [0.1, 0.15) is 5.57 Å². The lowest BCUT2D eigenvalue weighted by atomic mass is 10.1. The summed E-state index contributed by atoms with van der Waals surface area (Å²) in [6.07, 6.45) is 1.60. The first-order valence-electron chi connectivity index (χ1n) is 6.23. The largest absolute Gasteiger partial charge is 0.282 e. The van der Waals surface area contributed by atoms with Crippen molar-refractivity contribution in [1.82, 2.24) is 5.43 Å². The second-order valence-electron chi connectivity index (χ2n) is 4.39. The molecule has 20 heavy (non-hydrogen) atoms. The Morgan fingerprint density at radius 2 is 1.45 bits per heavy atom. The zero-order valence-corrected chi connectivity index (χ0v) is 10.6. The zero-order chi connectivity index (χ0) is 13.9. The summed E-state index contributed by atoms with van der Waals surface area (Å²) >= 11 is 0. The monoisotopic (exact) mass is 264 g/mol. The molecule has 1 fully saturated rings. The fraction of sp³-hybridized carbons (Fsp3) is 0. The van der Waals surface area contributed by atoms with E-state index in [-0.39, 0.29) is 17.4 Å². The fourth-order valence-corrected chi connectivity index (χ4v) is 2.03. The van der Waals surface area contributed by atoms with Crippen LogP contribution in [0.15, 0.2) is 66.2 Å². The maximum atomic E-state index is 12.3. The summed E-state index contributed by atoms with van der Waals surface area (Å²) in [5.41, 5.74) is 4.17. The number of benzene rings is 2. The van der Waals surface area contributed by atoms with Gasteiger partial charge >= 0.3 is 0 Å². The van der Waals surface area contributed by atoms with Gasteiger partial charge in [0.05, 0.1) is 5.69 Å². The third kappa shape index (κ3) is 2.19. The first-order chi connectivity index (χ1) is 9.75. The highest BCUT2D eigenvalue weighted by atomic mass is 16.2.